The summed E-state index contributed by atoms with van der Waals surface area (Å²) in [6, 6.07) is 18.7. The van der Waals surface area contributed by atoms with Crippen LogP contribution in [0.25, 0.3) is 16.7 Å². The van der Waals surface area contributed by atoms with Gasteiger partial charge in [0.2, 0.25) is 0 Å². The molecule has 1 unspecified atom stereocenters. The Morgan fingerprint density at radius 3 is 2.22 bits per heavy atom. The number of nitrogens with zero attached hydrogens (tertiary/aromatic N) is 3. The molecule has 4 aromatic rings. The average molecular weight is 487 g/mol. The Balaban J connectivity index is 1.56. The van der Waals surface area contributed by atoms with Gasteiger partial charge >= 0.3 is 0 Å². The third-order valence-corrected chi connectivity index (χ3v) is 6.42. The standard InChI is InChI=1S/C29H31FN4O2/c1-6-19(4)33(18(2)3)29(36)21-7-12-24(13-8-21)32-28(35)22-9-16-26-27(17-22)34(20(5)31-26)25-14-10-23(30)11-15-25/h7-19H,6H2,1-5H3,(H,32,35). The van der Waals surface area contributed by atoms with Crippen molar-refractivity contribution in [3.05, 3.63) is 89.5 Å². The van der Waals surface area contributed by atoms with Crippen LogP contribution < -0.4 is 5.32 Å². The summed E-state index contributed by atoms with van der Waals surface area (Å²) in [6.07, 6.45) is 0.877. The second kappa shape index (κ2) is 10.3. The van der Waals surface area contributed by atoms with Crippen LogP contribution in [-0.4, -0.2) is 38.3 Å². The van der Waals surface area contributed by atoms with Gasteiger partial charge in [-0.2, -0.15) is 0 Å². The minimum atomic E-state index is -0.314. The van der Waals surface area contributed by atoms with Gasteiger partial charge in [-0.05, 0) is 101 Å². The predicted molar refractivity (Wildman–Crippen MR) is 141 cm³/mol. The van der Waals surface area contributed by atoms with E-state index in [2.05, 4.69) is 17.2 Å². The van der Waals surface area contributed by atoms with Gasteiger partial charge in [-0.1, -0.05) is 6.92 Å². The molecule has 3 aromatic carbocycles. The van der Waals surface area contributed by atoms with Crippen LogP contribution in [-0.2, 0) is 0 Å². The molecule has 1 aromatic heterocycles. The van der Waals surface area contributed by atoms with Crippen molar-refractivity contribution in [2.75, 3.05) is 5.32 Å². The lowest BCUT2D eigenvalue weighted by atomic mass is 10.1. The third kappa shape index (κ3) is 5.00. The van der Waals surface area contributed by atoms with Gasteiger partial charge in [0.05, 0.1) is 11.0 Å². The van der Waals surface area contributed by atoms with E-state index in [1.165, 1.54) is 12.1 Å². The molecule has 7 heteroatoms. The number of nitrogens with one attached hydrogen (secondary N) is 1. The van der Waals surface area contributed by atoms with E-state index in [1.54, 1.807) is 54.6 Å². The molecule has 1 atom stereocenters. The number of anilines is 1. The SMILES string of the molecule is CCC(C)N(C(=O)c1ccc(NC(=O)c2ccc3nc(C)n(-c4ccc(F)cc4)c3c2)cc1)C(C)C. The van der Waals surface area contributed by atoms with Crippen LogP contribution in [0.3, 0.4) is 0 Å². The highest BCUT2D eigenvalue weighted by Crippen LogP contribution is 2.24. The highest BCUT2D eigenvalue weighted by Gasteiger charge is 2.23. The quantitative estimate of drug-likeness (QED) is 0.330. The second-order valence-corrected chi connectivity index (χ2v) is 9.27. The number of hydrogen-bond acceptors (Lipinski definition) is 3. The van der Waals surface area contributed by atoms with E-state index in [-0.39, 0.29) is 29.7 Å². The van der Waals surface area contributed by atoms with Crippen molar-refractivity contribution in [2.24, 2.45) is 0 Å². The number of carbonyl (C=O) groups excluding carboxylic acids is 2. The lowest BCUT2D eigenvalue weighted by molar-refractivity contribution is 0.0621. The number of halogens is 1. The normalized spacial score (nSPS) is 12.1. The summed E-state index contributed by atoms with van der Waals surface area (Å²) in [5.41, 5.74) is 3.91. The molecule has 0 aliphatic carbocycles. The minimum Gasteiger partial charge on any atom is -0.334 e. The van der Waals surface area contributed by atoms with Crippen LogP contribution in [0, 0.1) is 12.7 Å². The molecule has 4 rings (SSSR count). The molecule has 0 aliphatic heterocycles. The topological polar surface area (TPSA) is 67.2 Å². The molecule has 0 spiro atoms. The molecule has 1 N–H and O–H groups in total. The number of carbonyl (C=O) groups is 2. The first-order chi connectivity index (χ1) is 17.2. The van der Waals surface area contributed by atoms with Crippen molar-refractivity contribution in [2.45, 2.75) is 53.1 Å². The Hall–Kier alpha value is -4.00. The monoisotopic (exact) mass is 486 g/mol. The Morgan fingerprint density at radius 2 is 1.61 bits per heavy atom. The number of aryl methyl sites for hydroxylation is 1. The Kier molecular flexibility index (Phi) is 7.20. The highest BCUT2D eigenvalue weighted by molar-refractivity contribution is 6.06. The molecular weight excluding hydrogens is 455 g/mol. The summed E-state index contributed by atoms with van der Waals surface area (Å²) in [4.78, 5) is 32.5. The molecule has 0 fully saturated rings. The molecule has 2 amide bonds. The fourth-order valence-corrected chi connectivity index (χ4v) is 4.44. The molecule has 36 heavy (non-hydrogen) atoms. The van der Waals surface area contributed by atoms with Crippen LogP contribution >= 0.6 is 0 Å². The van der Waals surface area contributed by atoms with Crippen molar-refractivity contribution in [3.8, 4) is 5.69 Å². The van der Waals surface area contributed by atoms with E-state index in [1.807, 2.05) is 37.2 Å². The van der Waals surface area contributed by atoms with Gasteiger partial charge in [0.1, 0.15) is 11.6 Å². The van der Waals surface area contributed by atoms with Gasteiger partial charge in [0, 0.05) is 34.6 Å². The van der Waals surface area contributed by atoms with Crippen molar-refractivity contribution in [1.82, 2.24) is 14.5 Å². The van der Waals surface area contributed by atoms with Gasteiger partial charge in [-0.3, -0.25) is 14.2 Å². The molecule has 0 bridgehead atoms. The zero-order valence-electron chi connectivity index (χ0n) is 21.2. The lowest BCUT2D eigenvalue weighted by Gasteiger charge is -2.32. The maximum atomic E-state index is 13.4. The minimum absolute atomic E-state index is 0.0212. The molecule has 0 saturated heterocycles. The van der Waals surface area contributed by atoms with Crippen LogP contribution in [0.5, 0.6) is 0 Å². The Morgan fingerprint density at radius 1 is 0.972 bits per heavy atom. The molecular formula is C29H31FN4O2. The summed E-state index contributed by atoms with van der Waals surface area (Å²) in [5.74, 6) is 0.128. The summed E-state index contributed by atoms with van der Waals surface area (Å²) in [7, 11) is 0. The fraction of sp³-hybridized carbons (Fsp3) is 0.276. The Labute approximate surface area is 210 Å². The van der Waals surface area contributed by atoms with E-state index in [9.17, 15) is 14.0 Å². The first-order valence-corrected chi connectivity index (χ1v) is 12.2. The van der Waals surface area contributed by atoms with Crippen molar-refractivity contribution >= 4 is 28.5 Å². The van der Waals surface area contributed by atoms with E-state index in [0.29, 0.717) is 16.8 Å². The van der Waals surface area contributed by atoms with E-state index in [0.717, 1.165) is 29.0 Å². The van der Waals surface area contributed by atoms with Crippen LogP contribution in [0.4, 0.5) is 10.1 Å². The summed E-state index contributed by atoms with van der Waals surface area (Å²) >= 11 is 0. The summed E-state index contributed by atoms with van der Waals surface area (Å²) in [6.45, 7) is 10.0. The number of rotatable bonds is 7. The molecule has 0 radical (unpaired) electrons. The predicted octanol–water partition coefficient (Wildman–Crippen LogP) is 6.37. The van der Waals surface area contributed by atoms with Gasteiger partial charge in [-0.25, -0.2) is 9.37 Å². The van der Waals surface area contributed by atoms with Gasteiger partial charge in [0.15, 0.2) is 0 Å². The van der Waals surface area contributed by atoms with Crippen molar-refractivity contribution < 1.29 is 14.0 Å². The first-order valence-electron chi connectivity index (χ1n) is 12.2. The van der Waals surface area contributed by atoms with Gasteiger partial charge in [-0.15, -0.1) is 0 Å². The van der Waals surface area contributed by atoms with Crippen molar-refractivity contribution in [1.29, 1.82) is 0 Å². The smallest absolute Gasteiger partial charge is 0.255 e. The Bertz CT molecular complexity index is 1390. The molecule has 0 aliphatic rings. The molecule has 186 valence electrons. The van der Waals surface area contributed by atoms with Crippen LogP contribution in [0.2, 0.25) is 0 Å². The fourth-order valence-electron chi connectivity index (χ4n) is 4.44. The van der Waals surface area contributed by atoms with E-state index in [4.69, 9.17) is 0 Å². The van der Waals surface area contributed by atoms with E-state index >= 15 is 0 Å². The summed E-state index contributed by atoms with van der Waals surface area (Å²) in [5, 5.41) is 2.91. The first kappa shape index (κ1) is 25.1. The lowest BCUT2D eigenvalue weighted by Crippen LogP contribution is -2.43. The number of fused-ring (bicyclic) bond motifs is 1. The second-order valence-electron chi connectivity index (χ2n) is 9.27. The highest BCUT2D eigenvalue weighted by atomic mass is 19.1. The maximum Gasteiger partial charge on any atom is 0.255 e. The number of hydrogen-bond donors (Lipinski definition) is 1. The molecule has 1 heterocycles. The maximum absolute atomic E-state index is 13.4. The third-order valence-electron chi connectivity index (χ3n) is 6.42. The molecule has 6 nitrogen and oxygen atoms in total. The zero-order chi connectivity index (χ0) is 26.0. The molecule has 0 saturated carbocycles. The van der Waals surface area contributed by atoms with Crippen molar-refractivity contribution in [3.63, 3.8) is 0 Å². The number of amides is 2. The van der Waals surface area contributed by atoms with Gasteiger partial charge in [0.25, 0.3) is 11.8 Å². The largest absolute Gasteiger partial charge is 0.334 e. The van der Waals surface area contributed by atoms with Crippen LogP contribution in [0.15, 0.2) is 66.7 Å². The number of benzene rings is 3. The van der Waals surface area contributed by atoms with Gasteiger partial charge < -0.3 is 10.2 Å². The zero-order valence-corrected chi connectivity index (χ0v) is 21.2. The number of imidazole rings is 1. The average Bonchev–Trinajstić information content (AvgIpc) is 3.19. The number of aromatic nitrogens is 2. The van der Waals surface area contributed by atoms with E-state index < -0.39 is 0 Å². The van der Waals surface area contributed by atoms with Crippen LogP contribution in [0.1, 0.15) is 60.7 Å². The summed E-state index contributed by atoms with van der Waals surface area (Å²) < 4.78 is 15.3.